The van der Waals surface area contributed by atoms with Crippen molar-refractivity contribution in [1.29, 1.82) is 0 Å². The molecule has 2 N–H and O–H groups in total. The van der Waals surface area contributed by atoms with Crippen molar-refractivity contribution in [3.63, 3.8) is 0 Å². The van der Waals surface area contributed by atoms with E-state index < -0.39 is 22.2 Å². The maximum Gasteiger partial charge on any atom is 0.240 e. The first-order valence-electron chi connectivity index (χ1n) is 6.72. The van der Waals surface area contributed by atoms with Gasteiger partial charge in [0.2, 0.25) is 10.0 Å². The van der Waals surface area contributed by atoms with E-state index in [1.165, 1.54) is 0 Å². The van der Waals surface area contributed by atoms with E-state index in [-0.39, 0.29) is 4.90 Å². The maximum absolute atomic E-state index is 12.3. The third-order valence-corrected chi connectivity index (χ3v) is 4.86. The molecule has 0 saturated carbocycles. The zero-order valence-corrected chi connectivity index (χ0v) is 12.8. The number of benzene rings is 2. The second kappa shape index (κ2) is 6.39. The lowest BCUT2D eigenvalue weighted by atomic mass is 10.0. The molecule has 0 aliphatic heterocycles. The van der Waals surface area contributed by atoms with Gasteiger partial charge >= 0.3 is 0 Å². The molecule has 2 aromatic rings. The number of aliphatic hydroxyl groups is 1. The standard InChI is InChI=1S/C16H19NO3S/c1-12-8-10-15(11-9-12)21(19,20)17-13(2)16(18)14-6-4-3-5-7-14/h3-11,13,16-18H,1-2H3/t13?,16-/m1/s1. The van der Waals surface area contributed by atoms with E-state index in [4.69, 9.17) is 0 Å². The minimum atomic E-state index is -3.64. The van der Waals surface area contributed by atoms with Gasteiger partial charge in [-0.05, 0) is 31.5 Å². The van der Waals surface area contributed by atoms with Gasteiger partial charge in [-0.25, -0.2) is 13.1 Å². The zero-order valence-electron chi connectivity index (χ0n) is 12.0. The van der Waals surface area contributed by atoms with E-state index in [0.29, 0.717) is 5.56 Å². The smallest absolute Gasteiger partial charge is 0.240 e. The molecule has 0 fully saturated rings. The molecule has 0 aliphatic rings. The highest BCUT2D eigenvalue weighted by Crippen LogP contribution is 2.18. The maximum atomic E-state index is 12.3. The van der Waals surface area contributed by atoms with Crippen LogP contribution in [0.5, 0.6) is 0 Å². The summed E-state index contributed by atoms with van der Waals surface area (Å²) in [5.41, 5.74) is 1.67. The lowest BCUT2D eigenvalue weighted by Crippen LogP contribution is -2.37. The van der Waals surface area contributed by atoms with Crippen molar-refractivity contribution < 1.29 is 13.5 Å². The number of hydrogen-bond donors (Lipinski definition) is 2. The van der Waals surface area contributed by atoms with Gasteiger partial charge in [0.15, 0.2) is 0 Å². The first kappa shape index (κ1) is 15.7. The van der Waals surface area contributed by atoms with Gasteiger partial charge in [0, 0.05) is 6.04 Å². The fraction of sp³-hybridized carbons (Fsp3) is 0.250. The van der Waals surface area contributed by atoms with Gasteiger partial charge in [0.25, 0.3) is 0 Å². The van der Waals surface area contributed by atoms with Gasteiger partial charge in [-0.15, -0.1) is 0 Å². The number of aryl methyl sites for hydroxylation is 1. The summed E-state index contributed by atoms with van der Waals surface area (Å²) in [5, 5.41) is 10.2. The van der Waals surface area contributed by atoms with Crippen LogP contribution in [0.2, 0.25) is 0 Å². The van der Waals surface area contributed by atoms with Gasteiger partial charge in [-0.2, -0.15) is 0 Å². The molecule has 2 aromatic carbocycles. The predicted octanol–water partition coefficient (Wildman–Crippen LogP) is 2.40. The normalized spacial score (nSPS) is 14.6. The van der Waals surface area contributed by atoms with Crippen LogP contribution in [0.15, 0.2) is 59.5 Å². The SMILES string of the molecule is Cc1ccc(S(=O)(=O)NC(C)[C@@H](O)c2ccccc2)cc1. The Hall–Kier alpha value is -1.69. The van der Waals surface area contributed by atoms with Crippen molar-refractivity contribution in [2.75, 3.05) is 0 Å². The minimum Gasteiger partial charge on any atom is -0.387 e. The van der Waals surface area contributed by atoms with Crippen molar-refractivity contribution in [2.24, 2.45) is 0 Å². The average Bonchev–Trinajstić information content (AvgIpc) is 2.47. The predicted molar refractivity (Wildman–Crippen MR) is 82.4 cm³/mol. The molecule has 21 heavy (non-hydrogen) atoms. The lowest BCUT2D eigenvalue weighted by Gasteiger charge is -2.20. The number of sulfonamides is 1. The van der Waals surface area contributed by atoms with Crippen LogP contribution in [0.1, 0.15) is 24.2 Å². The summed E-state index contributed by atoms with van der Waals surface area (Å²) in [6.07, 6.45) is -0.897. The molecule has 0 aromatic heterocycles. The molecular formula is C16H19NO3S. The first-order chi connectivity index (χ1) is 9.90. The highest BCUT2D eigenvalue weighted by Gasteiger charge is 2.23. The highest BCUT2D eigenvalue weighted by molar-refractivity contribution is 7.89. The average molecular weight is 305 g/mol. The Labute approximate surface area is 125 Å². The highest BCUT2D eigenvalue weighted by atomic mass is 32.2. The van der Waals surface area contributed by atoms with Crippen molar-refractivity contribution in [2.45, 2.75) is 30.9 Å². The summed E-state index contributed by atoms with van der Waals surface area (Å²) < 4.78 is 27.0. The molecule has 0 amide bonds. The van der Waals surface area contributed by atoms with Gasteiger partial charge in [0.1, 0.15) is 0 Å². The van der Waals surface area contributed by atoms with Crippen molar-refractivity contribution in [1.82, 2.24) is 4.72 Å². The molecule has 112 valence electrons. The first-order valence-corrected chi connectivity index (χ1v) is 8.20. The molecule has 4 nitrogen and oxygen atoms in total. The Kier molecular flexibility index (Phi) is 4.77. The molecule has 2 rings (SSSR count). The molecule has 2 atom stereocenters. The molecule has 0 radical (unpaired) electrons. The van der Waals surface area contributed by atoms with E-state index in [2.05, 4.69) is 4.72 Å². The molecule has 0 aliphatic carbocycles. The van der Waals surface area contributed by atoms with Crippen LogP contribution < -0.4 is 4.72 Å². The Morgan fingerprint density at radius 2 is 1.57 bits per heavy atom. The Bertz CT molecular complexity index is 681. The Morgan fingerprint density at radius 1 is 1.00 bits per heavy atom. The Balaban J connectivity index is 2.14. The van der Waals surface area contributed by atoms with E-state index >= 15 is 0 Å². The third-order valence-electron chi connectivity index (χ3n) is 3.29. The second-order valence-corrected chi connectivity index (χ2v) is 6.79. The number of rotatable bonds is 5. The van der Waals surface area contributed by atoms with Crippen LogP contribution in [0.25, 0.3) is 0 Å². The van der Waals surface area contributed by atoms with Crippen LogP contribution in [0.4, 0.5) is 0 Å². The van der Waals surface area contributed by atoms with E-state index in [1.807, 2.05) is 13.0 Å². The monoisotopic (exact) mass is 305 g/mol. The summed E-state index contributed by atoms with van der Waals surface area (Å²) in [6.45, 7) is 3.54. The zero-order chi connectivity index (χ0) is 15.5. The van der Waals surface area contributed by atoms with Crippen LogP contribution in [0, 0.1) is 6.92 Å². The molecule has 0 spiro atoms. The van der Waals surface area contributed by atoms with Crippen LogP contribution in [-0.4, -0.2) is 19.6 Å². The second-order valence-electron chi connectivity index (χ2n) is 5.08. The summed E-state index contributed by atoms with van der Waals surface area (Å²) in [7, 11) is -3.64. The van der Waals surface area contributed by atoms with Crippen LogP contribution in [0.3, 0.4) is 0 Å². The Morgan fingerprint density at radius 3 is 2.14 bits per heavy atom. The van der Waals surface area contributed by atoms with E-state index in [0.717, 1.165) is 5.56 Å². The van der Waals surface area contributed by atoms with Crippen molar-refractivity contribution in [3.8, 4) is 0 Å². The summed E-state index contributed by atoms with van der Waals surface area (Å²) in [5.74, 6) is 0. The van der Waals surface area contributed by atoms with Gasteiger partial charge in [0.05, 0.1) is 11.0 Å². The van der Waals surface area contributed by atoms with E-state index in [1.54, 1.807) is 55.5 Å². The number of aliphatic hydroxyl groups excluding tert-OH is 1. The lowest BCUT2D eigenvalue weighted by molar-refractivity contribution is 0.146. The third kappa shape index (κ3) is 3.91. The topological polar surface area (TPSA) is 66.4 Å². The molecular weight excluding hydrogens is 286 g/mol. The molecule has 0 bridgehead atoms. The summed E-state index contributed by atoms with van der Waals surface area (Å²) in [4.78, 5) is 0.195. The van der Waals surface area contributed by atoms with E-state index in [9.17, 15) is 13.5 Å². The number of nitrogens with one attached hydrogen (secondary N) is 1. The molecule has 0 heterocycles. The van der Waals surface area contributed by atoms with Crippen molar-refractivity contribution in [3.05, 3.63) is 65.7 Å². The summed E-state index contributed by atoms with van der Waals surface area (Å²) >= 11 is 0. The van der Waals surface area contributed by atoms with Crippen LogP contribution >= 0.6 is 0 Å². The van der Waals surface area contributed by atoms with Crippen molar-refractivity contribution >= 4 is 10.0 Å². The van der Waals surface area contributed by atoms with Crippen LogP contribution in [-0.2, 0) is 10.0 Å². The van der Waals surface area contributed by atoms with Gasteiger partial charge in [-0.1, -0.05) is 48.0 Å². The minimum absolute atomic E-state index is 0.195. The molecule has 5 heteroatoms. The number of hydrogen-bond acceptors (Lipinski definition) is 3. The largest absolute Gasteiger partial charge is 0.387 e. The molecule has 0 saturated heterocycles. The van der Waals surface area contributed by atoms with Gasteiger partial charge in [-0.3, -0.25) is 0 Å². The fourth-order valence-electron chi connectivity index (χ4n) is 2.03. The fourth-order valence-corrected chi connectivity index (χ4v) is 3.28. The molecule has 1 unspecified atom stereocenters. The summed E-state index contributed by atoms with van der Waals surface area (Å²) in [6, 6.07) is 15.0. The quantitative estimate of drug-likeness (QED) is 0.891. The van der Waals surface area contributed by atoms with Gasteiger partial charge < -0.3 is 5.11 Å².